The Labute approximate surface area is 93.4 Å². The van der Waals surface area contributed by atoms with Crippen LogP contribution in [-0.2, 0) is 9.53 Å². The van der Waals surface area contributed by atoms with Gasteiger partial charge in [0.25, 0.3) is 0 Å². The lowest BCUT2D eigenvalue weighted by Gasteiger charge is -2.28. The highest BCUT2D eigenvalue weighted by molar-refractivity contribution is 5.85. The molecule has 1 saturated carbocycles. The quantitative estimate of drug-likeness (QED) is 0.675. The molecular formula is C13H24O2. The second-order valence-corrected chi connectivity index (χ2v) is 5.02. The van der Waals surface area contributed by atoms with Crippen molar-refractivity contribution in [2.45, 2.75) is 65.4 Å². The lowest BCUT2D eigenvalue weighted by Crippen LogP contribution is -2.34. The van der Waals surface area contributed by atoms with E-state index in [1.54, 1.807) is 0 Å². The van der Waals surface area contributed by atoms with Crippen LogP contribution >= 0.6 is 0 Å². The molecule has 1 rings (SSSR count). The van der Waals surface area contributed by atoms with Crippen LogP contribution in [0.15, 0.2) is 0 Å². The molecule has 88 valence electrons. The first kappa shape index (κ1) is 12.7. The SMILES string of the molecule is CCCC(=O)C1(COC(C)C)CCCC1. The Hall–Kier alpha value is -0.370. The van der Waals surface area contributed by atoms with Crippen LogP contribution in [0.25, 0.3) is 0 Å². The topological polar surface area (TPSA) is 26.3 Å². The molecule has 0 unspecified atom stereocenters. The van der Waals surface area contributed by atoms with Gasteiger partial charge in [-0.05, 0) is 33.1 Å². The maximum Gasteiger partial charge on any atom is 0.141 e. The maximum atomic E-state index is 12.1. The highest BCUT2D eigenvalue weighted by atomic mass is 16.5. The smallest absolute Gasteiger partial charge is 0.141 e. The monoisotopic (exact) mass is 212 g/mol. The molecule has 0 saturated heterocycles. The maximum absolute atomic E-state index is 12.1. The minimum atomic E-state index is -0.125. The summed E-state index contributed by atoms with van der Waals surface area (Å²) in [6, 6.07) is 0. The van der Waals surface area contributed by atoms with Crippen LogP contribution in [0.2, 0.25) is 0 Å². The molecule has 0 bridgehead atoms. The van der Waals surface area contributed by atoms with Crippen LogP contribution in [0.4, 0.5) is 0 Å². The van der Waals surface area contributed by atoms with Crippen LogP contribution in [0.5, 0.6) is 0 Å². The van der Waals surface area contributed by atoms with Crippen LogP contribution in [-0.4, -0.2) is 18.5 Å². The largest absolute Gasteiger partial charge is 0.378 e. The number of ketones is 1. The minimum Gasteiger partial charge on any atom is -0.378 e. The van der Waals surface area contributed by atoms with Crippen molar-refractivity contribution in [1.82, 2.24) is 0 Å². The summed E-state index contributed by atoms with van der Waals surface area (Å²) in [5.41, 5.74) is -0.125. The van der Waals surface area contributed by atoms with Gasteiger partial charge in [0.1, 0.15) is 5.78 Å². The standard InChI is InChI=1S/C13H24O2/c1-4-7-12(14)13(8-5-6-9-13)10-15-11(2)3/h11H,4-10H2,1-3H3. The predicted molar refractivity (Wildman–Crippen MR) is 61.9 cm³/mol. The summed E-state index contributed by atoms with van der Waals surface area (Å²) in [7, 11) is 0. The van der Waals surface area contributed by atoms with E-state index in [4.69, 9.17) is 4.74 Å². The van der Waals surface area contributed by atoms with E-state index in [1.807, 2.05) is 13.8 Å². The van der Waals surface area contributed by atoms with Crippen molar-refractivity contribution in [2.75, 3.05) is 6.61 Å². The van der Waals surface area contributed by atoms with Crippen molar-refractivity contribution in [3.8, 4) is 0 Å². The molecule has 0 spiro atoms. The third-order valence-electron chi connectivity index (χ3n) is 3.32. The van der Waals surface area contributed by atoms with Gasteiger partial charge in [-0.15, -0.1) is 0 Å². The summed E-state index contributed by atoms with van der Waals surface area (Å²) >= 11 is 0. The van der Waals surface area contributed by atoms with Gasteiger partial charge in [-0.1, -0.05) is 19.8 Å². The second-order valence-electron chi connectivity index (χ2n) is 5.02. The fraction of sp³-hybridized carbons (Fsp3) is 0.923. The van der Waals surface area contributed by atoms with Gasteiger partial charge in [0, 0.05) is 6.42 Å². The third-order valence-corrected chi connectivity index (χ3v) is 3.32. The zero-order valence-electron chi connectivity index (χ0n) is 10.3. The lowest BCUT2D eigenvalue weighted by molar-refractivity contribution is -0.133. The average molecular weight is 212 g/mol. The van der Waals surface area contributed by atoms with E-state index in [-0.39, 0.29) is 11.5 Å². The highest BCUT2D eigenvalue weighted by Gasteiger charge is 2.40. The van der Waals surface area contributed by atoms with Gasteiger partial charge in [0.2, 0.25) is 0 Å². The van der Waals surface area contributed by atoms with Crippen molar-refractivity contribution < 1.29 is 9.53 Å². The number of ether oxygens (including phenoxy) is 1. The fourth-order valence-electron chi connectivity index (χ4n) is 2.37. The molecule has 2 heteroatoms. The Balaban J connectivity index is 2.57. The zero-order chi connectivity index (χ0) is 11.3. The number of rotatable bonds is 6. The van der Waals surface area contributed by atoms with Gasteiger partial charge < -0.3 is 4.74 Å². The highest BCUT2D eigenvalue weighted by Crippen LogP contribution is 2.40. The van der Waals surface area contributed by atoms with Crippen LogP contribution < -0.4 is 0 Å². The average Bonchev–Trinajstić information content (AvgIpc) is 2.65. The number of hydrogen-bond donors (Lipinski definition) is 0. The molecule has 2 nitrogen and oxygen atoms in total. The Morgan fingerprint density at radius 3 is 2.40 bits per heavy atom. The summed E-state index contributed by atoms with van der Waals surface area (Å²) in [6.07, 6.45) is 6.38. The van der Waals surface area contributed by atoms with Crippen molar-refractivity contribution in [1.29, 1.82) is 0 Å². The first-order valence-electron chi connectivity index (χ1n) is 6.25. The number of hydrogen-bond acceptors (Lipinski definition) is 2. The summed E-state index contributed by atoms with van der Waals surface area (Å²) in [5.74, 6) is 0.433. The Morgan fingerprint density at radius 2 is 1.93 bits per heavy atom. The van der Waals surface area contributed by atoms with E-state index in [2.05, 4.69) is 6.92 Å². The molecule has 1 fully saturated rings. The summed E-state index contributed by atoms with van der Waals surface area (Å²) in [6.45, 7) is 6.78. The summed E-state index contributed by atoms with van der Waals surface area (Å²) in [5, 5.41) is 0. The van der Waals surface area contributed by atoms with E-state index in [1.165, 1.54) is 12.8 Å². The molecule has 0 aromatic rings. The van der Waals surface area contributed by atoms with Gasteiger partial charge in [-0.2, -0.15) is 0 Å². The number of Topliss-reactive ketones (excluding diaryl/α,β-unsaturated/α-hetero) is 1. The van der Waals surface area contributed by atoms with Crippen LogP contribution in [0.1, 0.15) is 59.3 Å². The number of carbonyl (C=O) groups excluding carboxylic acids is 1. The van der Waals surface area contributed by atoms with Crippen molar-refractivity contribution in [3.63, 3.8) is 0 Å². The first-order chi connectivity index (χ1) is 7.10. The van der Waals surface area contributed by atoms with Crippen molar-refractivity contribution in [2.24, 2.45) is 5.41 Å². The van der Waals surface area contributed by atoms with E-state index in [0.29, 0.717) is 12.4 Å². The molecule has 0 radical (unpaired) electrons. The molecule has 1 aliphatic carbocycles. The molecule has 0 aromatic carbocycles. The van der Waals surface area contributed by atoms with Gasteiger partial charge >= 0.3 is 0 Å². The van der Waals surface area contributed by atoms with E-state index in [0.717, 1.165) is 25.7 Å². The van der Waals surface area contributed by atoms with Crippen LogP contribution in [0, 0.1) is 5.41 Å². The molecule has 0 aliphatic heterocycles. The molecule has 0 atom stereocenters. The molecule has 0 aromatic heterocycles. The normalized spacial score (nSPS) is 19.7. The summed E-state index contributed by atoms with van der Waals surface area (Å²) < 4.78 is 5.68. The first-order valence-corrected chi connectivity index (χ1v) is 6.25. The molecule has 0 heterocycles. The molecule has 1 aliphatic rings. The van der Waals surface area contributed by atoms with Gasteiger partial charge in [0.15, 0.2) is 0 Å². The Bertz CT molecular complexity index is 203. The fourth-order valence-corrected chi connectivity index (χ4v) is 2.37. The van der Waals surface area contributed by atoms with Crippen molar-refractivity contribution >= 4 is 5.78 Å². The van der Waals surface area contributed by atoms with Gasteiger partial charge in [0.05, 0.1) is 18.1 Å². The molecule has 0 amide bonds. The van der Waals surface area contributed by atoms with Crippen LogP contribution in [0.3, 0.4) is 0 Å². The Morgan fingerprint density at radius 1 is 1.33 bits per heavy atom. The minimum absolute atomic E-state index is 0.125. The predicted octanol–water partition coefficient (Wildman–Crippen LogP) is 3.34. The van der Waals surface area contributed by atoms with E-state index >= 15 is 0 Å². The summed E-state index contributed by atoms with van der Waals surface area (Å²) in [4.78, 5) is 12.1. The zero-order valence-corrected chi connectivity index (χ0v) is 10.3. The van der Waals surface area contributed by atoms with Gasteiger partial charge in [-0.3, -0.25) is 4.79 Å². The van der Waals surface area contributed by atoms with E-state index in [9.17, 15) is 4.79 Å². The lowest BCUT2D eigenvalue weighted by atomic mass is 9.80. The second kappa shape index (κ2) is 5.64. The van der Waals surface area contributed by atoms with Crippen molar-refractivity contribution in [3.05, 3.63) is 0 Å². The van der Waals surface area contributed by atoms with Gasteiger partial charge in [-0.25, -0.2) is 0 Å². The molecule has 0 N–H and O–H groups in total. The third kappa shape index (κ3) is 3.30. The molecular weight excluding hydrogens is 188 g/mol. The van der Waals surface area contributed by atoms with E-state index < -0.39 is 0 Å². The Kier molecular flexibility index (Phi) is 4.78. The molecule has 15 heavy (non-hydrogen) atoms. The number of carbonyl (C=O) groups is 1.